The van der Waals surface area contributed by atoms with Gasteiger partial charge in [0.25, 0.3) is 0 Å². The van der Waals surface area contributed by atoms with Gasteiger partial charge < -0.3 is 19.3 Å². The van der Waals surface area contributed by atoms with Crippen molar-refractivity contribution < 1.29 is 139 Å². The maximum Gasteiger partial charge on any atom is 1.00 e. The Kier molecular flexibility index (Phi) is 8.70. The van der Waals surface area contributed by atoms with Gasteiger partial charge in [0.05, 0.1) is 9.79 Å². The number of hydrogen-bond acceptors (Lipinski definition) is 8. The Labute approximate surface area is 211 Å². The number of benzene rings is 2. The van der Waals surface area contributed by atoms with E-state index in [9.17, 15) is 36.2 Å². The average Bonchev–Trinajstić information content (AvgIpc) is 2.26. The molecule has 0 saturated heterocycles. The molecular formula is C10H6K2O8S2. The normalized spacial score (nSPS) is 11.5. The summed E-state index contributed by atoms with van der Waals surface area (Å²) < 4.78 is 65.4. The Balaban J connectivity index is 0.00000220. The van der Waals surface area contributed by atoms with Gasteiger partial charge in [-0.3, -0.25) is 0 Å². The molecule has 0 atom stereocenters. The molecule has 2 rings (SSSR count). The number of hydrogen-bond donors (Lipinski definition) is 2. The quantitative estimate of drug-likeness (QED) is 0.375. The van der Waals surface area contributed by atoms with Gasteiger partial charge in [0, 0.05) is 5.39 Å². The average molecular weight is 396 g/mol. The first-order chi connectivity index (χ1) is 9.00. The van der Waals surface area contributed by atoms with Crippen LogP contribution in [0.25, 0.3) is 10.8 Å². The van der Waals surface area contributed by atoms with Crippen LogP contribution in [0.1, 0.15) is 0 Å². The fourth-order valence-electron chi connectivity index (χ4n) is 1.68. The van der Waals surface area contributed by atoms with Crippen LogP contribution in [0, 0.1) is 0 Å². The fourth-order valence-corrected chi connectivity index (χ4v) is 2.79. The van der Waals surface area contributed by atoms with E-state index in [0.29, 0.717) is 12.1 Å². The van der Waals surface area contributed by atoms with E-state index >= 15 is 0 Å². The Morgan fingerprint density at radius 2 is 1.32 bits per heavy atom. The second-order valence-electron chi connectivity index (χ2n) is 3.89. The van der Waals surface area contributed by atoms with Crippen LogP contribution in [0.3, 0.4) is 0 Å². The van der Waals surface area contributed by atoms with Crippen LogP contribution >= 0.6 is 0 Å². The molecule has 0 saturated carbocycles. The van der Waals surface area contributed by atoms with E-state index in [2.05, 4.69) is 0 Å². The van der Waals surface area contributed by atoms with Crippen LogP contribution in [0.15, 0.2) is 34.1 Å². The molecule has 0 aliphatic carbocycles. The SMILES string of the molecule is O=S(=O)([O-])c1cc(O)c2cc(O)c(S(=O)(=O)[O-])cc2c1.[K+].[K+]. The van der Waals surface area contributed by atoms with Crippen LogP contribution < -0.4 is 103 Å². The zero-order valence-corrected chi connectivity index (χ0v) is 19.3. The molecule has 0 amide bonds. The molecule has 0 heterocycles. The topological polar surface area (TPSA) is 155 Å². The van der Waals surface area contributed by atoms with Crippen LogP contribution in [0.4, 0.5) is 0 Å². The molecule has 0 bridgehead atoms. The summed E-state index contributed by atoms with van der Waals surface area (Å²) >= 11 is 0. The molecule has 8 nitrogen and oxygen atoms in total. The maximum absolute atomic E-state index is 10.9. The Hall–Kier alpha value is 1.39. The van der Waals surface area contributed by atoms with Gasteiger partial charge in [-0.1, -0.05) is 0 Å². The molecule has 0 spiro atoms. The molecule has 2 N–H and O–H groups in total. The van der Waals surface area contributed by atoms with Crippen LogP contribution in [0.2, 0.25) is 0 Å². The summed E-state index contributed by atoms with van der Waals surface area (Å²) in [4.78, 5) is -1.77. The van der Waals surface area contributed by atoms with Crippen molar-refractivity contribution in [2.45, 2.75) is 9.79 Å². The van der Waals surface area contributed by atoms with Crippen molar-refractivity contribution >= 4 is 31.0 Å². The van der Waals surface area contributed by atoms with Gasteiger partial charge >= 0.3 is 103 Å². The van der Waals surface area contributed by atoms with Crippen molar-refractivity contribution in [3.05, 3.63) is 24.3 Å². The van der Waals surface area contributed by atoms with E-state index in [0.717, 1.165) is 12.1 Å². The summed E-state index contributed by atoms with van der Waals surface area (Å²) in [5, 5.41) is 18.7. The fraction of sp³-hybridized carbons (Fsp3) is 0. The third-order valence-electron chi connectivity index (χ3n) is 2.54. The number of phenols is 2. The molecule has 0 unspecified atom stereocenters. The van der Waals surface area contributed by atoms with Crippen LogP contribution in [-0.4, -0.2) is 36.2 Å². The van der Waals surface area contributed by atoms with Gasteiger partial charge in [0.15, 0.2) is 0 Å². The Morgan fingerprint density at radius 3 is 1.77 bits per heavy atom. The summed E-state index contributed by atoms with van der Waals surface area (Å²) in [6.07, 6.45) is 0. The third kappa shape index (κ3) is 5.19. The molecule has 0 aliphatic heterocycles. The second kappa shape index (κ2) is 8.18. The first-order valence-electron chi connectivity index (χ1n) is 4.91. The Bertz CT molecular complexity index is 922. The van der Waals surface area contributed by atoms with Crippen molar-refractivity contribution in [3.8, 4) is 11.5 Å². The molecule has 108 valence electrons. The van der Waals surface area contributed by atoms with Gasteiger partial charge in [0.2, 0.25) is 0 Å². The largest absolute Gasteiger partial charge is 1.00 e. The van der Waals surface area contributed by atoms with Crippen LogP contribution in [0.5, 0.6) is 11.5 Å². The second-order valence-corrected chi connectivity index (χ2v) is 6.62. The van der Waals surface area contributed by atoms with Gasteiger partial charge in [-0.15, -0.1) is 0 Å². The van der Waals surface area contributed by atoms with E-state index in [1.165, 1.54) is 0 Å². The molecule has 0 fully saturated rings. The predicted molar refractivity (Wildman–Crippen MR) is 63.2 cm³/mol. The van der Waals surface area contributed by atoms with Crippen molar-refractivity contribution in [1.29, 1.82) is 0 Å². The first kappa shape index (κ1) is 23.4. The summed E-state index contributed by atoms with van der Waals surface area (Å²) in [5.41, 5.74) is 0. The number of rotatable bonds is 2. The van der Waals surface area contributed by atoms with Crippen molar-refractivity contribution in [2.75, 3.05) is 0 Å². The Morgan fingerprint density at radius 1 is 0.773 bits per heavy atom. The predicted octanol–water partition coefficient (Wildman–Crippen LogP) is -5.93. The monoisotopic (exact) mass is 396 g/mol. The molecule has 0 aromatic heterocycles. The molecule has 2 aromatic rings. The van der Waals surface area contributed by atoms with Crippen molar-refractivity contribution in [2.24, 2.45) is 0 Å². The molecule has 22 heavy (non-hydrogen) atoms. The zero-order valence-electron chi connectivity index (χ0n) is 11.5. The summed E-state index contributed by atoms with van der Waals surface area (Å²) in [5.74, 6) is -1.54. The summed E-state index contributed by atoms with van der Waals surface area (Å²) in [7, 11) is -9.87. The minimum absolute atomic E-state index is 0. The van der Waals surface area contributed by atoms with Crippen molar-refractivity contribution in [1.82, 2.24) is 0 Å². The third-order valence-corrected chi connectivity index (χ3v) is 4.22. The van der Waals surface area contributed by atoms with Gasteiger partial charge in [0.1, 0.15) is 31.7 Å². The van der Waals surface area contributed by atoms with E-state index in [4.69, 9.17) is 0 Å². The van der Waals surface area contributed by atoms with Gasteiger partial charge in [-0.25, -0.2) is 16.8 Å². The molecule has 0 radical (unpaired) electrons. The van der Waals surface area contributed by atoms with E-state index in [-0.39, 0.29) is 114 Å². The van der Waals surface area contributed by atoms with Gasteiger partial charge in [-0.05, 0) is 29.7 Å². The van der Waals surface area contributed by atoms with E-state index in [1.807, 2.05) is 0 Å². The minimum Gasteiger partial charge on any atom is -0.744 e. The number of phenolic OH excluding ortho intramolecular Hbond substituents is 2. The van der Waals surface area contributed by atoms with E-state index in [1.54, 1.807) is 0 Å². The van der Waals surface area contributed by atoms with Gasteiger partial charge in [-0.2, -0.15) is 0 Å². The molecular weight excluding hydrogens is 390 g/mol. The number of fused-ring (bicyclic) bond motifs is 1. The summed E-state index contributed by atoms with van der Waals surface area (Å²) in [6.45, 7) is 0. The first-order valence-corrected chi connectivity index (χ1v) is 7.73. The van der Waals surface area contributed by atoms with Crippen molar-refractivity contribution in [3.63, 3.8) is 0 Å². The molecule has 12 heteroatoms. The number of aromatic hydroxyl groups is 2. The van der Waals surface area contributed by atoms with Crippen LogP contribution in [-0.2, 0) is 20.2 Å². The summed E-state index contributed by atoms with van der Waals surface area (Å²) in [6, 6.07) is 2.93. The minimum atomic E-state index is -5.00. The zero-order chi connectivity index (χ0) is 15.3. The maximum atomic E-state index is 10.9. The standard InChI is InChI=1S/C10H8O8S2.2K/c11-8-3-6(19(13,14)15)1-5-2-10(20(16,17)18)9(12)4-7(5)8;;/h1-4,11-12H,(H,13,14,15)(H,16,17,18);;/q;2*+1/p-2. The molecule has 2 aromatic carbocycles. The van der Waals surface area contributed by atoms with E-state index < -0.39 is 41.5 Å². The smallest absolute Gasteiger partial charge is 0.744 e. The molecule has 0 aliphatic rings.